The molecular formula is C14H18. The summed E-state index contributed by atoms with van der Waals surface area (Å²) in [4.78, 5) is 0. The summed E-state index contributed by atoms with van der Waals surface area (Å²) in [5, 5.41) is 0. The molecule has 0 aliphatic rings. The molecule has 0 saturated carbocycles. The van der Waals surface area contributed by atoms with E-state index in [2.05, 4.69) is 31.9 Å². The summed E-state index contributed by atoms with van der Waals surface area (Å²) < 4.78 is 0. The summed E-state index contributed by atoms with van der Waals surface area (Å²) in [7, 11) is 0. The first kappa shape index (κ1) is 10.9. The van der Waals surface area contributed by atoms with E-state index < -0.39 is 0 Å². The number of terminal acetylenes is 1. The Bertz CT molecular complexity index is 315. The molecule has 0 fully saturated rings. The number of hydrogen-bond donors (Lipinski definition) is 0. The molecule has 0 radical (unpaired) electrons. The van der Waals surface area contributed by atoms with Crippen LogP contribution in [0.2, 0.25) is 0 Å². The molecule has 0 atom stereocenters. The number of benzene rings is 1. The fourth-order valence-corrected chi connectivity index (χ4v) is 1.58. The molecule has 1 aromatic carbocycles. The average molecular weight is 186 g/mol. The molecule has 14 heavy (non-hydrogen) atoms. The molecule has 0 aliphatic heterocycles. The maximum atomic E-state index is 5.43. The molecule has 0 amide bonds. The van der Waals surface area contributed by atoms with Crippen molar-refractivity contribution >= 4 is 0 Å². The third kappa shape index (κ3) is 3.26. The molecule has 0 nitrogen and oxygen atoms in total. The van der Waals surface area contributed by atoms with E-state index in [4.69, 9.17) is 6.42 Å². The molecule has 0 bridgehead atoms. The Morgan fingerprint density at radius 1 is 1.29 bits per heavy atom. The van der Waals surface area contributed by atoms with Gasteiger partial charge in [-0.25, -0.2) is 0 Å². The zero-order chi connectivity index (χ0) is 10.4. The van der Waals surface area contributed by atoms with Crippen LogP contribution in [0.3, 0.4) is 0 Å². The highest BCUT2D eigenvalue weighted by Crippen LogP contribution is 2.13. The lowest BCUT2D eigenvalue weighted by molar-refractivity contribution is 0.555. The zero-order valence-corrected chi connectivity index (χ0v) is 9.09. The first-order valence-electron chi connectivity index (χ1n) is 5.28. The summed E-state index contributed by atoms with van der Waals surface area (Å²) in [5.74, 6) is 3.52. The predicted molar refractivity (Wildman–Crippen MR) is 62.2 cm³/mol. The van der Waals surface area contributed by atoms with Crippen LogP contribution in [0.5, 0.6) is 0 Å². The van der Waals surface area contributed by atoms with Crippen molar-refractivity contribution in [3.63, 3.8) is 0 Å². The Hall–Kier alpha value is -1.22. The second-order valence-electron chi connectivity index (χ2n) is 4.09. The van der Waals surface area contributed by atoms with Gasteiger partial charge in [0.05, 0.1) is 0 Å². The van der Waals surface area contributed by atoms with Gasteiger partial charge in [-0.2, -0.15) is 0 Å². The molecule has 0 saturated heterocycles. The van der Waals surface area contributed by atoms with Crippen molar-refractivity contribution in [2.24, 2.45) is 5.92 Å². The number of hydrogen-bond acceptors (Lipinski definition) is 0. The standard InChI is InChI=1S/C14H18/c1-4-13-9-5-6-10-14(13)11-7-8-12(2)3/h1,5-6,9-10,12H,7-8,11H2,2-3H3. The minimum atomic E-state index is 0.785. The molecule has 74 valence electrons. The van der Waals surface area contributed by atoms with Gasteiger partial charge in [-0.05, 0) is 30.4 Å². The van der Waals surface area contributed by atoms with E-state index in [1.807, 2.05) is 12.1 Å². The van der Waals surface area contributed by atoms with Crippen molar-refractivity contribution < 1.29 is 0 Å². The van der Waals surface area contributed by atoms with Gasteiger partial charge in [-0.1, -0.05) is 44.4 Å². The maximum Gasteiger partial charge on any atom is 0.0274 e. The van der Waals surface area contributed by atoms with Crippen LogP contribution < -0.4 is 0 Å². The van der Waals surface area contributed by atoms with Crippen LogP contribution in [0.25, 0.3) is 0 Å². The van der Waals surface area contributed by atoms with E-state index in [1.54, 1.807) is 0 Å². The van der Waals surface area contributed by atoms with Gasteiger partial charge in [-0.15, -0.1) is 6.42 Å². The third-order valence-corrected chi connectivity index (χ3v) is 2.40. The Kier molecular flexibility index (Phi) is 4.26. The lowest BCUT2D eigenvalue weighted by Gasteiger charge is -2.06. The van der Waals surface area contributed by atoms with E-state index in [1.165, 1.54) is 18.4 Å². The SMILES string of the molecule is C#Cc1ccccc1CCCC(C)C. The van der Waals surface area contributed by atoms with E-state index >= 15 is 0 Å². The Balaban J connectivity index is 2.54. The Morgan fingerprint density at radius 3 is 2.64 bits per heavy atom. The molecule has 1 rings (SSSR count). The molecule has 1 aromatic rings. The molecule has 0 N–H and O–H groups in total. The molecule has 0 unspecified atom stereocenters. The zero-order valence-electron chi connectivity index (χ0n) is 9.09. The van der Waals surface area contributed by atoms with E-state index in [0.29, 0.717) is 0 Å². The van der Waals surface area contributed by atoms with Crippen LogP contribution in [0, 0.1) is 18.3 Å². The van der Waals surface area contributed by atoms with Crippen molar-refractivity contribution in [1.82, 2.24) is 0 Å². The fourth-order valence-electron chi connectivity index (χ4n) is 1.58. The van der Waals surface area contributed by atoms with Crippen molar-refractivity contribution in [2.45, 2.75) is 33.1 Å². The van der Waals surface area contributed by atoms with Gasteiger partial charge < -0.3 is 0 Å². The van der Waals surface area contributed by atoms with Gasteiger partial charge in [0.15, 0.2) is 0 Å². The quantitative estimate of drug-likeness (QED) is 0.630. The number of rotatable bonds is 4. The maximum absolute atomic E-state index is 5.43. The Labute approximate surface area is 87.4 Å². The summed E-state index contributed by atoms with van der Waals surface area (Å²) in [6.07, 6.45) is 9.05. The minimum absolute atomic E-state index is 0.785. The van der Waals surface area contributed by atoms with Gasteiger partial charge in [-0.3, -0.25) is 0 Å². The summed E-state index contributed by atoms with van der Waals surface area (Å²) in [6, 6.07) is 8.22. The lowest BCUT2D eigenvalue weighted by atomic mass is 9.99. The van der Waals surface area contributed by atoms with Crippen molar-refractivity contribution in [2.75, 3.05) is 0 Å². The largest absolute Gasteiger partial charge is 0.115 e. The fraction of sp³-hybridized carbons (Fsp3) is 0.429. The van der Waals surface area contributed by atoms with Crippen LogP contribution in [0.1, 0.15) is 37.8 Å². The normalized spacial score (nSPS) is 10.1. The highest BCUT2D eigenvalue weighted by molar-refractivity contribution is 5.39. The second-order valence-corrected chi connectivity index (χ2v) is 4.09. The lowest BCUT2D eigenvalue weighted by Crippen LogP contribution is -1.93. The van der Waals surface area contributed by atoms with Crippen LogP contribution in [0.15, 0.2) is 24.3 Å². The summed E-state index contributed by atoms with van der Waals surface area (Å²) in [5.41, 5.74) is 2.37. The topological polar surface area (TPSA) is 0 Å². The first-order valence-corrected chi connectivity index (χ1v) is 5.28. The Morgan fingerprint density at radius 2 is 2.00 bits per heavy atom. The van der Waals surface area contributed by atoms with Gasteiger partial charge >= 0.3 is 0 Å². The average Bonchev–Trinajstić information content (AvgIpc) is 2.18. The third-order valence-electron chi connectivity index (χ3n) is 2.40. The van der Waals surface area contributed by atoms with Crippen molar-refractivity contribution in [3.8, 4) is 12.3 Å². The summed E-state index contributed by atoms with van der Waals surface area (Å²) in [6.45, 7) is 4.51. The molecule has 0 aliphatic carbocycles. The highest BCUT2D eigenvalue weighted by atomic mass is 14.0. The molecule has 0 heteroatoms. The van der Waals surface area contributed by atoms with Crippen molar-refractivity contribution in [1.29, 1.82) is 0 Å². The minimum Gasteiger partial charge on any atom is -0.115 e. The molecule has 0 aromatic heterocycles. The van der Waals surface area contributed by atoms with Crippen LogP contribution in [0.4, 0.5) is 0 Å². The summed E-state index contributed by atoms with van der Waals surface area (Å²) >= 11 is 0. The van der Waals surface area contributed by atoms with Crippen LogP contribution >= 0.6 is 0 Å². The van der Waals surface area contributed by atoms with Gasteiger partial charge in [0, 0.05) is 5.56 Å². The molecule has 0 heterocycles. The first-order chi connectivity index (χ1) is 6.74. The monoisotopic (exact) mass is 186 g/mol. The van der Waals surface area contributed by atoms with Gasteiger partial charge in [0.25, 0.3) is 0 Å². The van der Waals surface area contributed by atoms with Gasteiger partial charge in [0.2, 0.25) is 0 Å². The van der Waals surface area contributed by atoms with Gasteiger partial charge in [0.1, 0.15) is 0 Å². The number of aryl methyl sites for hydroxylation is 1. The van der Waals surface area contributed by atoms with E-state index in [-0.39, 0.29) is 0 Å². The molecular weight excluding hydrogens is 168 g/mol. The van der Waals surface area contributed by atoms with Crippen molar-refractivity contribution in [3.05, 3.63) is 35.4 Å². The smallest absolute Gasteiger partial charge is 0.0274 e. The second kappa shape index (κ2) is 5.50. The van der Waals surface area contributed by atoms with E-state index in [0.717, 1.165) is 17.9 Å². The van der Waals surface area contributed by atoms with Crippen LogP contribution in [-0.4, -0.2) is 0 Å². The predicted octanol–water partition coefficient (Wildman–Crippen LogP) is 3.65. The molecule has 0 spiro atoms. The van der Waals surface area contributed by atoms with Crippen LogP contribution in [-0.2, 0) is 6.42 Å². The van der Waals surface area contributed by atoms with E-state index in [9.17, 15) is 0 Å². The highest BCUT2D eigenvalue weighted by Gasteiger charge is 1.99.